The Bertz CT molecular complexity index is 497. The molecular weight excluding hydrogens is 305 g/mol. The molecule has 0 aliphatic rings. The summed E-state index contributed by atoms with van der Waals surface area (Å²) in [4.78, 5) is 22.0. The Kier molecular flexibility index (Phi) is 6.57. The molecule has 8 heteroatoms. The third kappa shape index (κ3) is 5.64. The van der Waals surface area contributed by atoms with Gasteiger partial charge >= 0.3 is 12.2 Å². The molecular formula is C12H15Cl2N3O3. The second kappa shape index (κ2) is 7.94. The summed E-state index contributed by atoms with van der Waals surface area (Å²) in [6.45, 7) is 0.148. The highest BCUT2D eigenvalue weighted by molar-refractivity contribution is 6.35. The third-order valence-corrected chi connectivity index (χ3v) is 2.98. The second-order valence-electron chi connectivity index (χ2n) is 4.01. The number of halogens is 2. The Labute approximate surface area is 126 Å². The normalized spacial score (nSPS) is 11.6. The molecule has 0 bridgehead atoms. The van der Waals surface area contributed by atoms with E-state index in [1.54, 1.807) is 18.2 Å². The molecule has 1 rings (SSSR count). The number of amides is 2. The van der Waals surface area contributed by atoms with Gasteiger partial charge in [0.2, 0.25) is 0 Å². The van der Waals surface area contributed by atoms with Crippen molar-refractivity contribution in [2.24, 2.45) is 5.73 Å². The Morgan fingerprint density at radius 2 is 2.05 bits per heavy atom. The molecule has 1 atom stereocenters. The van der Waals surface area contributed by atoms with Crippen LogP contribution >= 0.6 is 23.2 Å². The van der Waals surface area contributed by atoms with Gasteiger partial charge in [0.15, 0.2) is 0 Å². The molecule has 110 valence electrons. The highest BCUT2D eigenvalue weighted by Crippen LogP contribution is 2.21. The van der Waals surface area contributed by atoms with E-state index in [1.807, 2.05) is 0 Å². The number of nitrogens with one attached hydrogen (secondary N) is 2. The first-order valence-electron chi connectivity index (χ1n) is 5.79. The Hall–Kier alpha value is -1.50. The number of carbonyl (C=O) groups is 2. The topological polar surface area (TPSA) is 93.4 Å². The van der Waals surface area contributed by atoms with Crippen LogP contribution in [-0.2, 0) is 11.2 Å². The summed E-state index contributed by atoms with van der Waals surface area (Å²) in [5.41, 5.74) is 6.69. The number of carbonyl (C=O) groups excluding carboxylic acids is 2. The van der Waals surface area contributed by atoms with Gasteiger partial charge in [-0.3, -0.25) is 0 Å². The molecule has 0 fully saturated rings. The van der Waals surface area contributed by atoms with E-state index in [1.165, 1.54) is 7.05 Å². The van der Waals surface area contributed by atoms with E-state index in [0.717, 1.165) is 5.56 Å². The lowest BCUT2D eigenvalue weighted by molar-refractivity contribution is 0.151. The summed E-state index contributed by atoms with van der Waals surface area (Å²) >= 11 is 11.8. The number of alkyl carbamates (subject to hydrolysis) is 2. The van der Waals surface area contributed by atoms with Crippen LogP contribution in [0, 0.1) is 0 Å². The molecule has 0 aliphatic heterocycles. The zero-order valence-electron chi connectivity index (χ0n) is 10.8. The monoisotopic (exact) mass is 319 g/mol. The Balaban J connectivity index is 2.42. The van der Waals surface area contributed by atoms with Crippen LogP contribution in [0.25, 0.3) is 0 Å². The average molecular weight is 320 g/mol. The molecule has 20 heavy (non-hydrogen) atoms. The number of nitrogens with two attached hydrogens (primary N) is 1. The molecule has 6 nitrogen and oxygen atoms in total. The lowest BCUT2D eigenvalue weighted by Crippen LogP contribution is -2.40. The minimum Gasteiger partial charge on any atom is -0.359 e. The summed E-state index contributed by atoms with van der Waals surface area (Å²) in [6.07, 6.45) is -1.24. The molecule has 0 saturated carbocycles. The standard InChI is InChI=1S/C12H15Cl2N3O3/c1-16-11(18)20-12(19)17-6-9(15)4-7-2-3-8(13)5-10(7)14/h2-3,5,9H,4,6,15H2,1H3,(H,16,18)(H,17,19)/t9-/m1/s1. The van der Waals surface area contributed by atoms with E-state index in [-0.39, 0.29) is 12.6 Å². The zero-order valence-corrected chi connectivity index (χ0v) is 12.3. The first-order chi connectivity index (χ1) is 9.42. The van der Waals surface area contributed by atoms with Crippen LogP contribution in [0.2, 0.25) is 10.0 Å². The summed E-state index contributed by atoms with van der Waals surface area (Å²) in [5.74, 6) is 0. The highest BCUT2D eigenvalue weighted by Gasteiger charge is 2.12. The maximum Gasteiger partial charge on any atom is 0.416 e. The van der Waals surface area contributed by atoms with Gasteiger partial charge in [0.1, 0.15) is 0 Å². The quantitative estimate of drug-likeness (QED) is 0.739. The second-order valence-corrected chi connectivity index (χ2v) is 4.85. The van der Waals surface area contributed by atoms with Crippen molar-refractivity contribution >= 4 is 35.4 Å². The van der Waals surface area contributed by atoms with Crippen LogP contribution in [0.1, 0.15) is 5.56 Å². The van der Waals surface area contributed by atoms with Gasteiger partial charge in [0.25, 0.3) is 0 Å². The van der Waals surface area contributed by atoms with E-state index in [9.17, 15) is 9.59 Å². The van der Waals surface area contributed by atoms with Crippen molar-refractivity contribution in [1.82, 2.24) is 10.6 Å². The molecule has 1 aromatic carbocycles. The van der Waals surface area contributed by atoms with E-state index >= 15 is 0 Å². The van der Waals surface area contributed by atoms with Gasteiger partial charge in [0.05, 0.1) is 0 Å². The molecule has 0 spiro atoms. The average Bonchev–Trinajstić information content (AvgIpc) is 2.39. The summed E-state index contributed by atoms with van der Waals surface area (Å²) in [6, 6.07) is 4.74. The number of hydrogen-bond donors (Lipinski definition) is 3. The third-order valence-electron chi connectivity index (χ3n) is 2.40. The van der Waals surface area contributed by atoms with Crippen molar-refractivity contribution in [3.63, 3.8) is 0 Å². The summed E-state index contributed by atoms with van der Waals surface area (Å²) in [7, 11) is 1.35. The van der Waals surface area contributed by atoms with Crippen LogP contribution in [0.3, 0.4) is 0 Å². The van der Waals surface area contributed by atoms with Crippen molar-refractivity contribution in [3.8, 4) is 0 Å². The first kappa shape index (κ1) is 16.6. The van der Waals surface area contributed by atoms with Gasteiger partial charge in [-0.15, -0.1) is 0 Å². The molecule has 0 aliphatic carbocycles. The van der Waals surface area contributed by atoms with E-state index in [4.69, 9.17) is 28.9 Å². The fourth-order valence-corrected chi connectivity index (χ4v) is 1.91. The van der Waals surface area contributed by atoms with E-state index < -0.39 is 12.2 Å². The molecule has 0 aromatic heterocycles. The van der Waals surface area contributed by atoms with Crippen LogP contribution in [0.15, 0.2) is 18.2 Å². The van der Waals surface area contributed by atoms with Crippen LogP contribution in [-0.4, -0.2) is 31.8 Å². The summed E-state index contributed by atoms with van der Waals surface area (Å²) < 4.78 is 4.34. The first-order valence-corrected chi connectivity index (χ1v) is 6.55. The predicted molar refractivity (Wildman–Crippen MR) is 77.1 cm³/mol. The van der Waals surface area contributed by atoms with Gasteiger partial charge in [-0.2, -0.15) is 0 Å². The molecule has 1 aromatic rings. The van der Waals surface area contributed by atoms with Gasteiger partial charge in [-0.25, -0.2) is 9.59 Å². The number of ether oxygens (including phenoxy) is 1. The number of rotatable bonds is 4. The van der Waals surface area contributed by atoms with Crippen molar-refractivity contribution in [1.29, 1.82) is 0 Å². The fourth-order valence-electron chi connectivity index (χ4n) is 1.43. The summed E-state index contributed by atoms with van der Waals surface area (Å²) in [5, 5.41) is 5.59. The largest absolute Gasteiger partial charge is 0.416 e. The lowest BCUT2D eigenvalue weighted by Gasteiger charge is -2.13. The SMILES string of the molecule is CNC(=O)OC(=O)NC[C@H](N)Cc1ccc(Cl)cc1Cl. The van der Waals surface area contributed by atoms with Crippen molar-refractivity contribution < 1.29 is 14.3 Å². The van der Waals surface area contributed by atoms with Gasteiger partial charge in [-0.05, 0) is 24.1 Å². The molecule has 0 radical (unpaired) electrons. The van der Waals surface area contributed by atoms with Gasteiger partial charge < -0.3 is 21.1 Å². The Morgan fingerprint density at radius 1 is 1.35 bits per heavy atom. The van der Waals surface area contributed by atoms with E-state index in [0.29, 0.717) is 16.5 Å². The maximum absolute atomic E-state index is 11.2. The number of benzene rings is 1. The zero-order chi connectivity index (χ0) is 15.1. The van der Waals surface area contributed by atoms with Crippen molar-refractivity contribution in [2.75, 3.05) is 13.6 Å². The van der Waals surface area contributed by atoms with Crippen LogP contribution < -0.4 is 16.4 Å². The Morgan fingerprint density at radius 3 is 2.65 bits per heavy atom. The number of hydrogen-bond acceptors (Lipinski definition) is 4. The predicted octanol–water partition coefficient (Wildman–Crippen LogP) is 1.93. The van der Waals surface area contributed by atoms with Crippen molar-refractivity contribution in [2.45, 2.75) is 12.5 Å². The molecule has 0 heterocycles. The van der Waals surface area contributed by atoms with Crippen LogP contribution in [0.4, 0.5) is 9.59 Å². The molecule has 4 N–H and O–H groups in total. The fraction of sp³-hybridized carbons (Fsp3) is 0.333. The lowest BCUT2D eigenvalue weighted by atomic mass is 10.1. The van der Waals surface area contributed by atoms with Crippen molar-refractivity contribution in [3.05, 3.63) is 33.8 Å². The minimum absolute atomic E-state index is 0.148. The van der Waals surface area contributed by atoms with Crippen LogP contribution in [0.5, 0.6) is 0 Å². The van der Waals surface area contributed by atoms with Gasteiger partial charge in [0, 0.05) is 29.7 Å². The highest BCUT2D eigenvalue weighted by atomic mass is 35.5. The smallest absolute Gasteiger partial charge is 0.359 e. The van der Waals surface area contributed by atoms with E-state index in [2.05, 4.69) is 15.4 Å². The maximum atomic E-state index is 11.2. The molecule has 0 saturated heterocycles. The minimum atomic E-state index is -0.859. The molecule has 0 unspecified atom stereocenters. The molecule has 2 amide bonds. The van der Waals surface area contributed by atoms with Gasteiger partial charge in [-0.1, -0.05) is 29.3 Å².